The van der Waals surface area contributed by atoms with Gasteiger partial charge < -0.3 is 19.8 Å². The number of ether oxygens (including phenoxy) is 1. The molecule has 2 aromatic rings. The molecule has 0 aliphatic carbocycles. The maximum absolute atomic E-state index is 13.1. The quantitative estimate of drug-likeness (QED) is 0.525. The highest BCUT2D eigenvalue weighted by Crippen LogP contribution is 2.25. The fourth-order valence-corrected chi connectivity index (χ4v) is 3.76. The summed E-state index contributed by atoms with van der Waals surface area (Å²) in [6.07, 6.45) is -7.31. The van der Waals surface area contributed by atoms with Crippen LogP contribution < -0.4 is 0 Å². The lowest BCUT2D eigenvalue weighted by molar-refractivity contribution is -0.193. The van der Waals surface area contributed by atoms with Gasteiger partial charge in [0.05, 0.1) is 18.4 Å². The number of aliphatic carboxylic acids is 2. The number of carboxylic acids is 2. The van der Waals surface area contributed by atoms with Crippen LogP contribution in [0, 0.1) is 5.82 Å². The molecular weight excluding hydrogens is 559 g/mol. The van der Waals surface area contributed by atoms with Crippen LogP contribution in [0.1, 0.15) is 22.5 Å². The first kappa shape index (κ1) is 32.4. The van der Waals surface area contributed by atoms with Crippen molar-refractivity contribution in [2.45, 2.75) is 37.5 Å². The zero-order chi connectivity index (χ0) is 30.1. The highest BCUT2D eigenvalue weighted by molar-refractivity contribution is 5.94. The van der Waals surface area contributed by atoms with Gasteiger partial charge in [-0.3, -0.25) is 14.7 Å². The van der Waals surface area contributed by atoms with Crippen LogP contribution in [0.15, 0.2) is 48.7 Å². The van der Waals surface area contributed by atoms with Gasteiger partial charge in [-0.1, -0.05) is 6.07 Å². The Morgan fingerprint density at radius 3 is 1.98 bits per heavy atom. The topological polar surface area (TPSA) is 120 Å². The number of carboxylic acid groups (broad SMARTS) is 2. The molecule has 2 aliphatic heterocycles. The molecule has 0 unspecified atom stereocenters. The van der Waals surface area contributed by atoms with Gasteiger partial charge in [0.15, 0.2) is 0 Å². The summed E-state index contributed by atoms with van der Waals surface area (Å²) in [5.41, 5.74) is 1.48. The van der Waals surface area contributed by atoms with E-state index in [0.717, 1.165) is 25.2 Å². The fourth-order valence-electron chi connectivity index (χ4n) is 3.76. The summed E-state index contributed by atoms with van der Waals surface area (Å²) in [6, 6.07) is 11.9. The Bertz CT molecular complexity index is 1110. The monoisotopic (exact) mass is 583 g/mol. The van der Waals surface area contributed by atoms with Crippen molar-refractivity contribution in [1.29, 1.82) is 0 Å². The van der Waals surface area contributed by atoms with Crippen LogP contribution in [-0.4, -0.2) is 93.5 Å². The van der Waals surface area contributed by atoms with E-state index in [1.807, 2.05) is 23.1 Å². The van der Waals surface area contributed by atoms with Crippen molar-refractivity contribution < 1.29 is 60.1 Å². The minimum atomic E-state index is -5.08. The molecule has 0 radical (unpaired) electrons. The minimum Gasteiger partial charge on any atom is -0.475 e. The van der Waals surface area contributed by atoms with E-state index in [-0.39, 0.29) is 17.8 Å². The number of alkyl halides is 6. The highest BCUT2D eigenvalue weighted by Gasteiger charge is 2.39. The lowest BCUT2D eigenvalue weighted by atomic mass is 10.1. The zero-order valence-electron chi connectivity index (χ0n) is 20.5. The van der Waals surface area contributed by atoms with E-state index < -0.39 is 24.3 Å². The summed E-state index contributed by atoms with van der Waals surface area (Å²) in [6.45, 7) is 3.65. The van der Waals surface area contributed by atoms with Crippen molar-refractivity contribution in [1.82, 2.24) is 14.8 Å². The molecule has 3 heterocycles. The zero-order valence-corrected chi connectivity index (χ0v) is 20.5. The Labute approximate surface area is 222 Å². The number of hydrogen-bond acceptors (Lipinski definition) is 6. The first-order valence-electron chi connectivity index (χ1n) is 11.5. The third-order valence-corrected chi connectivity index (χ3v) is 5.63. The SMILES string of the molecule is O=C(O)C(F)(F)F.O=C(O)C(F)(F)F.O=C(c1ccc(F)cc1)N1CCN2C[C@H](OCc3ccccn3)C[C@H]2C1. The summed E-state index contributed by atoms with van der Waals surface area (Å²) >= 11 is 0. The number of nitrogens with zero attached hydrogens (tertiary/aromatic N) is 3. The molecule has 1 aromatic carbocycles. The number of carbonyl (C=O) groups excluding carboxylic acids is 1. The number of fused-ring (bicyclic) bond motifs is 1. The Kier molecular flexibility index (Phi) is 11.4. The molecule has 2 N–H and O–H groups in total. The van der Waals surface area contributed by atoms with E-state index in [0.29, 0.717) is 31.3 Å². The summed E-state index contributed by atoms with van der Waals surface area (Å²) in [5.74, 6) is -5.86. The molecule has 0 bridgehead atoms. The van der Waals surface area contributed by atoms with Crippen molar-refractivity contribution in [2.24, 2.45) is 0 Å². The van der Waals surface area contributed by atoms with E-state index >= 15 is 0 Å². The van der Waals surface area contributed by atoms with Gasteiger partial charge >= 0.3 is 24.3 Å². The van der Waals surface area contributed by atoms with Crippen LogP contribution in [0.4, 0.5) is 30.7 Å². The molecule has 40 heavy (non-hydrogen) atoms. The lowest BCUT2D eigenvalue weighted by Crippen LogP contribution is -2.52. The molecule has 2 aliphatic rings. The Morgan fingerprint density at radius 2 is 1.48 bits per heavy atom. The second-order valence-electron chi connectivity index (χ2n) is 8.50. The number of hydrogen-bond donors (Lipinski definition) is 2. The first-order valence-corrected chi connectivity index (χ1v) is 11.5. The Morgan fingerprint density at radius 1 is 0.900 bits per heavy atom. The van der Waals surface area contributed by atoms with Crippen molar-refractivity contribution >= 4 is 17.8 Å². The molecule has 9 nitrogen and oxygen atoms in total. The Hall–Kier alpha value is -3.79. The maximum Gasteiger partial charge on any atom is 0.490 e. The molecule has 2 atom stereocenters. The molecule has 1 amide bonds. The van der Waals surface area contributed by atoms with Crippen LogP contribution in [-0.2, 0) is 20.9 Å². The van der Waals surface area contributed by atoms with Gasteiger partial charge in [-0.25, -0.2) is 14.0 Å². The number of rotatable bonds is 4. The molecule has 4 rings (SSSR count). The van der Waals surface area contributed by atoms with Crippen LogP contribution in [0.5, 0.6) is 0 Å². The molecule has 1 aromatic heterocycles. The largest absolute Gasteiger partial charge is 0.490 e. The van der Waals surface area contributed by atoms with Gasteiger partial charge in [0.25, 0.3) is 5.91 Å². The van der Waals surface area contributed by atoms with Gasteiger partial charge in [-0.2, -0.15) is 26.3 Å². The summed E-state index contributed by atoms with van der Waals surface area (Å²) < 4.78 is 82.6. The predicted octanol–water partition coefficient (Wildman–Crippen LogP) is 3.60. The van der Waals surface area contributed by atoms with Crippen molar-refractivity contribution in [3.05, 3.63) is 65.7 Å². The molecular formula is C24H24F7N3O6. The lowest BCUT2D eigenvalue weighted by Gasteiger charge is -2.37. The molecule has 0 spiro atoms. The predicted molar refractivity (Wildman–Crippen MR) is 122 cm³/mol. The maximum atomic E-state index is 13.1. The molecule has 16 heteroatoms. The van der Waals surface area contributed by atoms with E-state index in [2.05, 4.69) is 9.88 Å². The average Bonchev–Trinajstić information content (AvgIpc) is 3.30. The van der Waals surface area contributed by atoms with Crippen molar-refractivity contribution in [2.75, 3.05) is 26.2 Å². The van der Waals surface area contributed by atoms with E-state index in [1.165, 1.54) is 12.1 Å². The normalized spacial score (nSPS) is 18.9. The van der Waals surface area contributed by atoms with Gasteiger partial charge in [0, 0.05) is 44.0 Å². The highest BCUT2D eigenvalue weighted by atomic mass is 19.4. The number of piperazine rings is 1. The number of benzene rings is 1. The molecule has 220 valence electrons. The smallest absolute Gasteiger partial charge is 0.475 e. The van der Waals surface area contributed by atoms with Gasteiger partial charge in [0.1, 0.15) is 5.82 Å². The van der Waals surface area contributed by atoms with E-state index in [4.69, 9.17) is 24.5 Å². The third-order valence-electron chi connectivity index (χ3n) is 5.63. The van der Waals surface area contributed by atoms with Crippen molar-refractivity contribution in [3.63, 3.8) is 0 Å². The molecule has 2 saturated heterocycles. The van der Waals surface area contributed by atoms with Gasteiger partial charge in [-0.05, 0) is 42.8 Å². The van der Waals surface area contributed by atoms with Crippen LogP contribution in [0.25, 0.3) is 0 Å². The molecule has 0 saturated carbocycles. The average molecular weight is 583 g/mol. The second-order valence-corrected chi connectivity index (χ2v) is 8.50. The number of halogens is 7. The Balaban J connectivity index is 0.000000333. The summed E-state index contributed by atoms with van der Waals surface area (Å²) in [4.78, 5) is 39.0. The van der Waals surface area contributed by atoms with Crippen molar-refractivity contribution in [3.8, 4) is 0 Å². The van der Waals surface area contributed by atoms with E-state index in [1.54, 1.807) is 18.3 Å². The van der Waals surface area contributed by atoms with Crippen LogP contribution >= 0.6 is 0 Å². The minimum absolute atomic E-state index is 0.0255. The van der Waals surface area contributed by atoms with Crippen LogP contribution in [0.3, 0.4) is 0 Å². The number of carbonyl (C=O) groups is 3. The van der Waals surface area contributed by atoms with Gasteiger partial charge in [-0.15, -0.1) is 0 Å². The number of pyridine rings is 1. The number of amides is 1. The van der Waals surface area contributed by atoms with Gasteiger partial charge in [0.2, 0.25) is 0 Å². The van der Waals surface area contributed by atoms with Crippen LogP contribution in [0.2, 0.25) is 0 Å². The summed E-state index contributed by atoms with van der Waals surface area (Å²) in [5, 5.41) is 14.2. The fraction of sp³-hybridized carbons (Fsp3) is 0.417. The molecule has 2 fully saturated rings. The summed E-state index contributed by atoms with van der Waals surface area (Å²) in [7, 11) is 0. The standard InChI is InChI=1S/C20H22FN3O2.2C2HF3O2/c21-16-6-4-15(5-7-16)20(25)24-10-9-23-13-19(11-18(23)12-24)26-14-17-3-1-2-8-22-17;2*3-2(4,5)1(6)7/h1-8,18-19H,9-14H2;2*(H,6,7)/t18-,19+;;/m0../s1. The first-order chi connectivity index (χ1) is 18.6. The van der Waals surface area contributed by atoms with E-state index in [9.17, 15) is 35.5 Å². The second kappa shape index (κ2) is 14.0. The number of aromatic nitrogens is 1. The third kappa shape index (κ3) is 10.4.